The molecular formula is C13H10BrNO. The van der Waals surface area contributed by atoms with Crippen LogP contribution in [0.2, 0.25) is 0 Å². The largest absolute Gasteiger partial charge is 0.410 e. The van der Waals surface area contributed by atoms with Crippen molar-refractivity contribution in [3.8, 4) is 0 Å². The Balaban J connectivity index is 2.42. The summed E-state index contributed by atoms with van der Waals surface area (Å²) in [7, 11) is 0. The van der Waals surface area contributed by atoms with Crippen LogP contribution in [-0.4, -0.2) is 10.9 Å². The van der Waals surface area contributed by atoms with Crippen LogP contribution in [-0.2, 0) is 0 Å². The van der Waals surface area contributed by atoms with Gasteiger partial charge in [-0.25, -0.2) is 0 Å². The van der Waals surface area contributed by atoms with Crippen molar-refractivity contribution in [2.24, 2.45) is 5.16 Å². The average Bonchev–Trinajstić information content (AvgIpc) is 2.34. The lowest BCUT2D eigenvalue weighted by atomic mass is 10.0. The Morgan fingerprint density at radius 1 is 0.875 bits per heavy atom. The quantitative estimate of drug-likeness (QED) is 0.506. The molecular weight excluding hydrogens is 266 g/mol. The Hall–Kier alpha value is -1.61. The van der Waals surface area contributed by atoms with Gasteiger partial charge in [-0.15, -0.1) is 0 Å². The molecule has 2 nitrogen and oxygen atoms in total. The molecule has 2 rings (SSSR count). The van der Waals surface area contributed by atoms with E-state index in [0.717, 1.165) is 15.6 Å². The number of nitrogens with zero attached hydrogens (tertiary/aromatic N) is 1. The summed E-state index contributed by atoms with van der Waals surface area (Å²) in [6.07, 6.45) is 0. The molecule has 0 radical (unpaired) electrons. The Morgan fingerprint density at radius 3 is 2.00 bits per heavy atom. The molecule has 0 aliphatic carbocycles. The summed E-state index contributed by atoms with van der Waals surface area (Å²) in [5, 5.41) is 12.4. The lowest BCUT2D eigenvalue weighted by Gasteiger charge is -2.04. The van der Waals surface area contributed by atoms with Crippen LogP contribution in [0.1, 0.15) is 11.1 Å². The Bertz CT molecular complexity index is 491. The van der Waals surface area contributed by atoms with Gasteiger partial charge in [-0.05, 0) is 12.1 Å². The molecule has 0 atom stereocenters. The van der Waals surface area contributed by atoms with Gasteiger partial charge in [0.1, 0.15) is 5.71 Å². The highest BCUT2D eigenvalue weighted by Crippen LogP contribution is 2.14. The summed E-state index contributed by atoms with van der Waals surface area (Å²) in [6, 6.07) is 17.2. The van der Waals surface area contributed by atoms with Crippen LogP contribution in [0.15, 0.2) is 64.2 Å². The smallest absolute Gasteiger partial charge is 0.117 e. The lowest BCUT2D eigenvalue weighted by Crippen LogP contribution is -2.02. The molecule has 80 valence electrons. The van der Waals surface area contributed by atoms with Crippen LogP contribution in [0.3, 0.4) is 0 Å². The second-order valence-corrected chi connectivity index (χ2v) is 4.24. The molecule has 2 aromatic carbocycles. The summed E-state index contributed by atoms with van der Waals surface area (Å²) < 4.78 is 1.00. The molecule has 0 bridgehead atoms. The normalized spacial score (nSPS) is 11.4. The molecule has 0 fully saturated rings. The van der Waals surface area contributed by atoms with E-state index < -0.39 is 0 Å². The van der Waals surface area contributed by atoms with Crippen molar-refractivity contribution in [3.05, 3.63) is 70.2 Å². The first kappa shape index (κ1) is 10.9. The summed E-state index contributed by atoms with van der Waals surface area (Å²) in [4.78, 5) is 0. The van der Waals surface area contributed by atoms with Crippen molar-refractivity contribution in [1.82, 2.24) is 0 Å². The van der Waals surface area contributed by atoms with E-state index in [1.807, 2.05) is 54.6 Å². The molecule has 0 unspecified atom stereocenters. The summed E-state index contributed by atoms with van der Waals surface area (Å²) in [5.41, 5.74) is 2.36. The van der Waals surface area contributed by atoms with E-state index in [1.165, 1.54) is 0 Å². The van der Waals surface area contributed by atoms with Gasteiger partial charge in [-0.2, -0.15) is 0 Å². The van der Waals surface area contributed by atoms with Crippen molar-refractivity contribution in [2.75, 3.05) is 0 Å². The second kappa shape index (κ2) is 4.94. The van der Waals surface area contributed by atoms with Crippen molar-refractivity contribution in [1.29, 1.82) is 0 Å². The SMILES string of the molecule is ON=C(c1ccccc1)c1ccc(Br)cc1. The fraction of sp³-hybridized carbons (Fsp3) is 0. The standard InChI is InChI=1S/C13H10BrNO/c14-12-8-6-11(7-9-12)13(15-16)10-4-2-1-3-5-10/h1-9,16H. The molecule has 0 aliphatic rings. The zero-order chi connectivity index (χ0) is 11.4. The highest BCUT2D eigenvalue weighted by atomic mass is 79.9. The number of rotatable bonds is 2. The third-order valence-corrected chi connectivity index (χ3v) is 2.79. The van der Waals surface area contributed by atoms with Gasteiger partial charge in [0.05, 0.1) is 0 Å². The van der Waals surface area contributed by atoms with Gasteiger partial charge in [-0.3, -0.25) is 0 Å². The molecule has 0 saturated heterocycles. The monoisotopic (exact) mass is 275 g/mol. The summed E-state index contributed by atoms with van der Waals surface area (Å²) >= 11 is 3.37. The maximum Gasteiger partial charge on any atom is 0.117 e. The third kappa shape index (κ3) is 2.31. The molecule has 0 aliphatic heterocycles. The van der Waals surface area contributed by atoms with Gasteiger partial charge in [0, 0.05) is 15.6 Å². The third-order valence-electron chi connectivity index (χ3n) is 2.26. The number of hydrogen-bond donors (Lipinski definition) is 1. The van der Waals surface area contributed by atoms with Crippen LogP contribution in [0.5, 0.6) is 0 Å². The average molecular weight is 276 g/mol. The molecule has 0 heterocycles. The minimum atomic E-state index is 0.577. The molecule has 2 aromatic rings. The maximum atomic E-state index is 9.08. The minimum absolute atomic E-state index is 0.577. The van der Waals surface area contributed by atoms with Crippen molar-refractivity contribution in [2.45, 2.75) is 0 Å². The number of hydrogen-bond acceptors (Lipinski definition) is 2. The molecule has 0 spiro atoms. The molecule has 3 heteroatoms. The predicted molar refractivity (Wildman–Crippen MR) is 68.0 cm³/mol. The van der Waals surface area contributed by atoms with Gasteiger partial charge in [0.2, 0.25) is 0 Å². The van der Waals surface area contributed by atoms with Crippen molar-refractivity contribution in [3.63, 3.8) is 0 Å². The highest BCUT2D eigenvalue weighted by molar-refractivity contribution is 9.10. The van der Waals surface area contributed by atoms with Gasteiger partial charge < -0.3 is 5.21 Å². The van der Waals surface area contributed by atoms with Crippen LogP contribution in [0.25, 0.3) is 0 Å². The van der Waals surface area contributed by atoms with Crippen LogP contribution in [0.4, 0.5) is 0 Å². The van der Waals surface area contributed by atoms with Crippen LogP contribution < -0.4 is 0 Å². The van der Waals surface area contributed by atoms with Gasteiger partial charge in [-0.1, -0.05) is 63.6 Å². The lowest BCUT2D eigenvalue weighted by molar-refractivity contribution is 0.319. The fourth-order valence-corrected chi connectivity index (χ4v) is 1.75. The first-order valence-electron chi connectivity index (χ1n) is 4.84. The first-order chi connectivity index (χ1) is 7.81. The second-order valence-electron chi connectivity index (χ2n) is 3.32. The van der Waals surface area contributed by atoms with E-state index in [9.17, 15) is 0 Å². The van der Waals surface area contributed by atoms with Gasteiger partial charge >= 0.3 is 0 Å². The molecule has 16 heavy (non-hydrogen) atoms. The molecule has 0 aromatic heterocycles. The molecule has 1 N–H and O–H groups in total. The maximum absolute atomic E-state index is 9.08. The number of oxime groups is 1. The predicted octanol–water partition coefficient (Wildman–Crippen LogP) is 3.68. The zero-order valence-electron chi connectivity index (χ0n) is 8.47. The van der Waals surface area contributed by atoms with E-state index in [2.05, 4.69) is 21.1 Å². The first-order valence-corrected chi connectivity index (χ1v) is 5.64. The zero-order valence-corrected chi connectivity index (χ0v) is 10.1. The minimum Gasteiger partial charge on any atom is -0.410 e. The van der Waals surface area contributed by atoms with E-state index in [-0.39, 0.29) is 0 Å². The van der Waals surface area contributed by atoms with E-state index in [0.29, 0.717) is 5.71 Å². The Kier molecular flexibility index (Phi) is 3.37. The summed E-state index contributed by atoms with van der Waals surface area (Å²) in [5.74, 6) is 0. The fourth-order valence-electron chi connectivity index (χ4n) is 1.49. The van der Waals surface area contributed by atoms with Gasteiger partial charge in [0.25, 0.3) is 0 Å². The Morgan fingerprint density at radius 2 is 1.44 bits per heavy atom. The number of halogens is 1. The van der Waals surface area contributed by atoms with Gasteiger partial charge in [0.15, 0.2) is 0 Å². The van der Waals surface area contributed by atoms with E-state index in [1.54, 1.807) is 0 Å². The van der Waals surface area contributed by atoms with E-state index >= 15 is 0 Å². The van der Waals surface area contributed by atoms with Crippen LogP contribution >= 0.6 is 15.9 Å². The topological polar surface area (TPSA) is 32.6 Å². The molecule has 0 saturated carbocycles. The van der Waals surface area contributed by atoms with E-state index in [4.69, 9.17) is 5.21 Å². The molecule has 0 amide bonds. The van der Waals surface area contributed by atoms with Crippen molar-refractivity contribution < 1.29 is 5.21 Å². The summed E-state index contributed by atoms with van der Waals surface area (Å²) in [6.45, 7) is 0. The van der Waals surface area contributed by atoms with Crippen LogP contribution in [0, 0.1) is 0 Å². The highest BCUT2D eigenvalue weighted by Gasteiger charge is 2.06. The Labute approximate surface area is 102 Å². The number of benzene rings is 2. The van der Waals surface area contributed by atoms with Crippen molar-refractivity contribution >= 4 is 21.6 Å².